The normalized spacial score (nSPS) is 16.6. The van der Waals surface area contributed by atoms with Gasteiger partial charge in [-0.25, -0.2) is 0 Å². The molecule has 0 amide bonds. The summed E-state index contributed by atoms with van der Waals surface area (Å²) < 4.78 is 1.88. The summed E-state index contributed by atoms with van der Waals surface area (Å²) in [4.78, 5) is 0. The van der Waals surface area contributed by atoms with Gasteiger partial charge in [-0.2, -0.15) is 0 Å². The Bertz CT molecular complexity index is 106. The Kier molecular flexibility index (Phi) is 4.00. The molecule has 1 N–H and O–H groups in total. The average Bonchev–Trinajstić information content (AvgIpc) is 1.64. The van der Waals surface area contributed by atoms with E-state index in [-0.39, 0.29) is 5.73 Å². The highest BCUT2D eigenvalue weighted by Gasteiger charge is 2.21. The summed E-state index contributed by atoms with van der Waals surface area (Å²) in [5.41, 5.74) is -0.186. The second-order valence-corrected chi connectivity index (χ2v) is 9.17. The Balaban J connectivity index is 3.88. The SMILES string of the molecule is C[Si](C)(C)C(O)C=CI. The second kappa shape index (κ2) is 3.73. The maximum absolute atomic E-state index is 9.36. The largest absolute Gasteiger partial charge is 0.393 e. The number of aliphatic hydroxyl groups excluding tert-OH is 1. The van der Waals surface area contributed by atoms with Gasteiger partial charge >= 0.3 is 0 Å². The third kappa shape index (κ3) is 4.11. The number of halogens is 1. The first-order valence-corrected chi connectivity index (χ1v) is 7.75. The van der Waals surface area contributed by atoms with E-state index in [1.807, 2.05) is 10.2 Å². The monoisotopic (exact) mass is 256 g/mol. The summed E-state index contributed by atoms with van der Waals surface area (Å²) in [6, 6.07) is 0. The zero-order valence-electron chi connectivity index (χ0n) is 6.06. The van der Waals surface area contributed by atoms with Crippen LogP contribution in [0, 0.1) is 0 Å². The highest BCUT2D eigenvalue weighted by Crippen LogP contribution is 2.08. The standard InChI is InChI=1S/C6H13IOSi/c1-9(2,3)6(8)4-5-7/h4-6,8H,1-3H3. The van der Waals surface area contributed by atoms with E-state index in [2.05, 4.69) is 42.2 Å². The molecule has 0 aliphatic carbocycles. The van der Waals surface area contributed by atoms with Crippen molar-refractivity contribution in [1.82, 2.24) is 0 Å². The summed E-state index contributed by atoms with van der Waals surface area (Å²) in [6.45, 7) is 6.44. The van der Waals surface area contributed by atoms with Crippen molar-refractivity contribution in [1.29, 1.82) is 0 Å². The van der Waals surface area contributed by atoms with Gasteiger partial charge in [-0.3, -0.25) is 0 Å². The van der Waals surface area contributed by atoms with E-state index in [0.717, 1.165) is 0 Å². The van der Waals surface area contributed by atoms with Gasteiger partial charge in [-0.15, -0.1) is 0 Å². The van der Waals surface area contributed by atoms with Crippen LogP contribution >= 0.6 is 22.6 Å². The van der Waals surface area contributed by atoms with Crippen molar-refractivity contribution in [2.24, 2.45) is 0 Å². The molecule has 0 fully saturated rings. The lowest BCUT2D eigenvalue weighted by Crippen LogP contribution is -2.36. The van der Waals surface area contributed by atoms with Crippen LogP contribution in [-0.4, -0.2) is 18.9 Å². The zero-order chi connectivity index (χ0) is 7.49. The van der Waals surface area contributed by atoms with Gasteiger partial charge in [-0.1, -0.05) is 48.3 Å². The van der Waals surface area contributed by atoms with Gasteiger partial charge in [0.25, 0.3) is 0 Å². The number of hydrogen-bond acceptors (Lipinski definition) is 1. The summed E-state index contributed by atoms with van der Waals surface area (Å²) in [6.07, 6.45) is 1.85. The molecule has 0 aromatic carbocycles. The Hall–Kier alpha value is 0.647. The Morgan fingerprint density at radius 2 is 1.89 bits per heavy atom. The third-order valence-electron chi connectivity index (χ3n) is 1.14. The lowest BCUT2D eigenvalue weighted by atomic mass is 10.7. The van der Waals surface area contributed by atoms with Crippen molar-refractivity contribution in [3.05, 3.63) is 10.2 Å². The van der Waals surface area contributed by atoms with Crippen molar-refractivity contribution < 1.29 is 5.11 Å². The van der Waals surface area contributed by atoms with Crippen molar-refractivity contribution in [2.45, 2.75) is 25.4 Å². The summed E-state index contributed by atoms with van der Waals surface area (Å²) in [7, 11) is -1.32. The van der Waals surface area contributed by atoms with Crippen LogP contribution in [0.4, 0.5) is 0 Å². The molecule has 9 heavy (non-hydrogen) atoms. The highest BCUT2D eigenvalue weighted by atomic mass is 127. The topological polar surface area (TPSA) is 20.2 Å². The molecule has 0 aliphatic heterocycles. The van der Waals surface area contributed by atoms with Crippen LogP contribution in [0.25, 0.3) is 0 Å². The predicted octanol–water partition coefficient (Wildman–Crippen LogP) is 2.17. The first-order chi connectivity index (χ1) is 3.98. The molecule has 3 heteroatoms. The van der Waals surface area contributed by atoms with Crippen LogP contribution < -0.4 is 0 Å². The maximum Gasteiger partial charge on any atom is 0.0831 e. The first kappa shape index (κ1) is 9.65. The average molecular weight is 256 g/mol. The Morgan fingerprint density at radius 3 is 2.00 bits per heavy atom. The first-order valence-electron chi connectivity index (χ1n) is 2.93. The number of rotatable bonds is 2. The van der Waals surface area contributed by atoms with E-state index in [4.69, 9.17) is 0 Å². The molecule has 0 aromatic heterocycles. The smallest absolute Gasteiger partial charge is 0.0831 e. The molecule has 0 aromatic rings. The second-order valence-electron chi connectivity index (χ2n) is 3.13. The van der Waals surface area contributed by atoms with Gasteiger partial charge in [0.1, 0.15) is 0 Å². The molecule has 1 unspecified atom stereocenters. The van der Waals surface area contributed by atoms with Gasteiger partial charge in [0.05, 0.1) is 13.8 Å². The van der Waals surface area contributed by atoms with Gasteiger partial charge in [-0.05, 0) is 4.08 Å². The fourth-order valence-electron chi connectivity index (χ4n) is 0.358. The molecule has 0 heterocycles. The Morgan fingerprint density at radius 1 is 1.44 bits per heavy atom. The molecule has 0 aliphatic rings. The molecule has 0 saturated carbocycles. The minimum atomic E-state index is -1.32. The summed E-state index contributed by atoms with van der Waals surface area (Å²) in [5.74, 6) is 0. The third-order valence-corrected chi connectivity index (χ3v) is 3.52. The molecule has 1 nitrogen and oxygen atoms in total. The van der Waals surface area contributed by atoms with E-state index in [9.17, 15) is 5.11 Å². The molecule has 54 valence electrons. The van der Waals surface area contributed by atoms with Gasteiger partial charge < -0.3 is 5.11 Å². The van der Waals surface area contributed by atoms with Crippen LogP contribution in [0.1, 0.15) is 0 Å². The molecular weight excluding hydrogens is 243 g/mol. The number of aliphatic hydroxyl groups is 1. The van der Waals surface area contributed by atoms with Crippen LogP contribution in [0.15, 0.2) is 10.2 Å². The predicted molar refractivity (Wildman–Crippen MR) is 52.5 cm³/mol. The van der Waals surface area contributed by atoms with Crippen LogP contribution in [-0.2, 0) is 0 Å². The van der Waals surface area contributed by atoms with Crippen LogP contribution in [0.3, 0.4) is 0 Å². The van der Waals surface area contributed by atoms with Crippen LogP contribution in [0.5, 0.6) is 0 Å². The fraction of sp³-hybridized carbons (Fsp3) is 0.667. The van der Waals surface area contributed by atoms with E-state index < -0.39 is 8.07 Å². The van der Waals surface area contributed by atoms with Crippen LogP contribution in [0.2, 0.25) is 19.6 Å². The number of hydrogen-bond donors (Lipinski definition) is 1. The van der Waals surface area contributed by atoms with Gasteiger partial charge in [0, 0.05) is 0 Å². The molecule has 0 spiro atoms. The minimum Gasteiger partial charge on any atom is -0.393 e. The van der Waals surface area contributed by atoms with E-state index in [1.165, 1.54) is 0 Å². The molecule has 0 radical (unpaired) electrons. The molecule has 0 rings (SSSR count). The van der Waals surface area contributed by atoms with E-state index in [0.29, 0.717) is 0 Å². The van der Waals surface area contributed by atoms with Crippen molar-refractivity contribution in [3.63, 3.8) is 0 Å². The minimum absolute atomic E-state index is 0.186. The van der Waals surface area contributed by atoms with E-state index in [1.54, 1.807) is 0 Å². The quantitative estimate of drug-likeness (QED) is 0.593. The summed E-state index contributed by atoms with van der Waals surface area (Å²) >= 11 is 2.12. The molecular formula is C6H13IOSi. The Labute approximate surface area is 71.3 Å². The molecule has 1 atom stereocenters. The molecule has 0 bridgehead atoms. The van der Waals surface area contributed by atoms with Crippen molar-refractivity contribution in [3.8, 4) is 0 Å². The van der Waals surface area contributed by atoms with Gasteiger partial charge in [0.15, 0.2) is 0 Å². The summed E-state index contributed by atoms with van der Waals surface area (Å²) in [5, 5.41) is 9.36. The lowest BCUT2D eigenvalue weighted by molar-refractivity contribution is 0.291. The van der Waals surface area contributed by atoms with Gasteiger partial charge in [0.2, 0.25) is 0 Å². The lowest BCUT2D eigenvalue weighted by Gasteiger charge is -2.19. The fourth-order valence-corrected chi connectivity index (χ4v) is 1.82. The van der Waals surface area contributed by atoms with Crippen molar-refractivity contribution >= 4 is 30.7 Å². The van der Waals surface area contributed by atoms with E-state index >= 15 is 0 Å². The highest BCUT2D eigenvalue weighted by molar-refractivity contribution is 14.1. The zero-order valence-corrected chi connectivity index (χ0v) is 9.21. The maximum atomic E-state index is 9.36. The molecule has 0 saturated heterocycles. The van der Waals surface area contributed by atoms with Crippen molar-refractivity contribution in [2.75, 3.05) is 0 Å².